The number of ether oxygens (including phenoxy) is 4. The first-order chi connectivity index (χ1) is 40.3. The quantitative estimate of drug-likeness (QED) is 0.0896. The highest BCUT2D eigenvalue weighted by atomic mass is 79.9. The van der Waals surface area contributed by atoms with E-state index in [1.165, 1.54) is 9.13 Å². The van der Waals surface area contributed by atoms with Crippen LogP contribution in [0.1, 0.15) is 94.2 Å². The van der Waals surface area contributed by atoms with Gasteiger partial charge < -0.3 is 48.8 Å². The van der Waals surface area contributed by atoms with Gasteiger partial charge in [-0.05, 0) is 182 Å². The van der Waals surface area contributed by atoms with Crippen molar-refractivity contribution in [3.05, 3.63) is 146 Å². The van der Waals surface area contributed by atoms with Gasteiger partial charge in [-0.25, -0.2) is 23.7 Å². The van der Waals surface area contributed by atoms with Crippen LogP contribution in [-0.4, -0.2) is 155 Å². The molecule has 2 fully saturated rings. The van der Waals surface area contributed by atoms with Gasteiger partial charge >= 0.3 is 31.5 Å². The fraction of sp³-hybridized carbons (Fsp3) is 0.406. The fourth-order valence-electron chi connectivity index (χ4n) is 9.96. The van der Waals surface area contributed by atoms with Gasteiger partial charge in [0.2, 0.25) is 0 Å². The molecule has 0 spiro atoms. The number of hydrogen-bond donors (Lipinski definition) is 4. The summed E-state index contributed by atoms with van der Waals surface area (Å²) in [5, 5.41) is 23.1. The minimum Gasteiger partial charge on any atom is -0.444 e. The van der Waals surface area contributed by atoms with Gasteiger partial charge in [0.15, 0.2) is 0 Å². The number of benzene rings is 4. The molecule has 20 nitrogen and oxygen atoms in total. The predicted octanol–water partition coefficient (Wildman–Crippen LogP) is 10.4. The summed E-state index contributed by atoms with van der Waals surface area (Å²) in [5.74, 6) is 0. The Bertz CT molecular complexity index is 3900. The van der Waals surface area contributed by atoms with Gasteiger partial charge in [-0.2, -0.15) is 0 Å². The summed E-state index contributed by atoms with van der Waals surface area (Å²) in [5.41, 5.74) is 3.01. The lowest BCUT2D eigenvalue weighted by Crippen LogP contribution is -2.49. The van der Waals surface area contributed by atoms with Crippen molar-refractivity contribution in [2.45, 2.75) is 119 Å². The van der Waals surface area contributed by atoms with Crippen LogP contribution in [0.25, 0.3) is 54.9 Å². The van der Waals surface area contributed by atoms with E-state index in [0.29, 0.717) is 71.4 Å². The minimum absolute atomic E-state index is 0.0578. The number of rotatable bonds is 6. The number of hydrogen-bond acceptors (Lipinski definition) is 14. The average molecular weight is 1240 g/mol. The number of amides is 2. The van der Waals surface area contributed by atoms with Crippen LogP contribution in [0.4, 0.5) is 19.2 Å². The Morgan fingerprint density at radius 2 is 0.872 bits per heavy atom. The molecule has 2 amide bonds. The number of carbonyl (C=O) groups excluding carboxylic acids is 4. The zero-order valence-electron chi connectivity index (χ0n) is 51.1. The number of aromatic amines is 2. The van der Waals surface area contributed by atoms with Crippen LogP contribution < -0.4 is 16.7 Å². The molecule has 4 aromatic heterocycles. The van der Waals surface area contributed by atoms with Crippen LogP contribution in [0.5, 0.6) is 0 Å². The topological polar surface area (TPSA) is 234 Å². The molecule has 0 radical (unpaired) electrons. The number of H-pyrrole nitrogens is 2. The van der Waals surface area contributed by atoms with E-state index in [4.69, 9.17) is 18.9 Å². The first-order valence-corrected chi connectivity index (χ1v) is 29.5. The molecule has 456 valence electrons. The molecule has 6 heterocycles. The SMILES string of the molecule is CC(C)(C)OC(=O)N1CCN(Cc2ccc3c(c2)cc(-c2cc4ccccc4[nH]c2=O)n3C(=O)OC(C)(C)C)CC1.CC(C)(C)OC(=O)N1CCN(Cc2ccc3c(c2)cc(B(O)O)n3C(=O)OC(C)(C)C)CC1.O=c1[nH]c2ccccc2cc1Br. The summed E-state index contributed by atoms with van der Waals surface area (Å²) >= 11 is 3.17. The largest absolute Gasteiger partial charge is 0.506 e. The number of nitrogens with zero attached hydrogens (tertiary/aromatic N) is 6. The normalized spacial score (nSPS) is 14.5. The third-order valence-corrected chi connectivity index (χ3v) is 14.4. The van der Waals surface area contributed by atoms with E-state index in [9.17, 15) is 38.8 Å². The average Bonchev–Trinajstić information content (AvgIpc) is 1.95. The van der Waals surface area contributed by atoms with Gasteiger partial charge in [0.1, 0.15) is 22.4 Å². The highest BCUT2D eigenvalue weighted by Crippen LogP contribution is 2.31. The van der Waals surface area contributed by atoms with Crippen molar-refractivity contribution in [2.24, 2.45) is 0 Å². The Hall–Kier alpha value is -7.76. The molecule has 2 saturated heterocycles. The van der Waals surface area contributed by atoms with E-state index in [1.807, 2.05) is 153 Å². The molecule has 2 aliphatic heterocycles. The molecule has 22 heteroatoms. The maximum absolute atomic E-state index is 13.5. The molecular formula is C64H78BBrN8O12. The molecule has 4 N–H and O–H groups in total. The van der Waals surface area contributed by atoms with Gasteiger partial charge in [-0.1, -0.05) is 48.5 Å². The van der Waals surface area contributed by atoms with Gasteiger partial charge in [-0.3, -0.25) is 24.0 Å². The summed E-state index contributed by atoms with van der Waals surface area (Å²) in [6.45, 7) is 28.5. The van der Waals surface area contributed by atoms with Crippen LogP contribution in [0.15, 0.2) is 123 Å². The maximum Gasteiger partial charge on any atom is 0.506 e. The van der Waals surface area contributed by atoms with Gasteiger partial charge in [0.25, 0.3) is 11.1 Å². The highest BCUT2D eigenvalue weighted by molar-refractivity contribution is 9.10. The number of aromatic nitrogens is 4. The third kappa shape index (κ3) is 16.8. The number of halogens is 1. The Labute approximate surface area is 508 Å². The smallest absolute Gasteiger partial charge is 0.444 e. The number of piperazine rings is 2. The minimum atomic E-state index is -1.81. The molecule has 0 unspecified atom stereocenters. The van der Waals surface area contributed by atoms with Crippen LogP contribution in [0.3, 0.4) is 0 Å². The first kappa shape index (κ1) is 64.2. The van der Waals surface area contributed by atoms with Crippen molar-refractivity contribution in [1.82, 2.24) is 38.7 Å². The van der Waals surface area contributed by atoms with Gasteiger partial charge in [0, 0.05) is 87.3 Å². The Morgan fingerprint density at radius 3 is 1.33 bits per heavy atom. The summed E-state index contributed by atoms with van der Waals surface area (Å²) in [6, 6.07) is 33.9. The summed E-state index contributed by atoms with van der Waals surface area (Å²) < 4.78 is 25.4. The lowest BCUT2D eigenvalue weighted by atomic mass is 9.86. The molecule has 0 saturated carbocycles. The Balaban J connectivity index is 0.000000190. The summed E-state index contributed by atoms with van der Waals surface area (Å²) in [6.07, 6.45) is -1.77. The Morgan fingerprint density at radius 1 is 0.477 bits per heavy atom. The second-order valence-corrected chi connectivity index (χ2v) is 26.4. The monoisotopic (exact) mass is 1240 g/mol. The molecule has 0 bridgehead atoms. The zero-order chi connectivity index (χ0) is 62.6. The maximum atomic E-state index is 13.5. The van der Waals surface area contributed by atoms with E-state index in [-0.39, 0.29) is 28.9 Å². The van der Waals surface area contributed by atoms with Crippen molar-refractivity contribution in [2.75, 3.05) is 52.4 Å². The van der Waals surface area contributed by atoms with Crippen molar-refractivity contribution in [1.29, 1.82) is 0 Å². The molecule has 86 heavy (non-hydrogen) atoms. The molecule has 2 aliphatic rings. The predicted molar refractivity (Wildman–Crippen MR) is 339 cm³/mol. The summed E-state index contributed by atoms with van der Waals surface area (Å²) in [4.78, 5) is 88.9. The van der Waals surface area contributed by atoms with Gasteiger partial charge in [0.05, 0.1) is 32.4 Å². The zero-order valence-corrected chi connectivity index (χ0v) is 52.7. The van der Waals surface area contributed by atoms with Crippen LogP contribution >= 0.6 is 15.9 Å². The van der Waals surface area contributed by atoms with Crippen LogP contribution in [0, 0.1) is 0 Å². The van der Waals surface area contributed by atoms with Crippen molar-refractivity contribution < 1.29 is 48.2 Å². The van der Waals surface area contributed by atoms with Crippen molar-refractivity contribution >= 4 is 96.6 Å². The van der Waals surface area contributed by atoms with Crippen LogP contribution in [-0.2, 0) is 32.0 Å². The molecule has 10 rings (SSSR count). The van der Waals surface area contributed by atoms with Crippen molar-refractivity contribution in [3.63, 3.8) is 0 Å². The fourth-order valence-corrected chi connectivity index (χ4v) is 10.3. The molecule has 4 aromatic carbocycles. The molecule has 0 aliphatic carbocycles. The van der Waals surface area contributed by atoms with E-state index >= 15 is 0 Å². The second-order valence-electron chi connectivity index (χ2n) is 25.5. The second kappa shape index (κ2) is 26.1. The lowest BCUT2D eigenvalue weighted by Gasteiger charge is -2.35. The van der Waals surface area contributed by atoms with Crippen LogP contribution in [0.2, 0.25) is 0 Å². The lowest BCUT2D eigenvalue weighted by molar-refractivity contribution is 0.0129. The van der Waals surface area contributed by atoms with Crippen molar-refractivity contribution in [3.8, 4) is 11.3 Å². The first-order valence-electron chi connectivity index (χ1n) is 28.7. The Kier molecular flexibility index (Phi) is 19.5. The third-order valence-electron chi connectivity index (χ3n) is 13.8. The molecular weight excluding hydrogens is 1160 g/mol. The number of pyridine rings is 2. The highest BCUT2D eigenvalue weighted by Gasteiger charge is 2.31. The van der Waals surface area contributed by atoms with E-state index < -0.39 is 41.7 Å². The van der Waals surface area contributed by atoms with E-state index in [0.717, 1.165) is 64.5 Å². The van der Waals surface area contributed by atoms with E-state index in [1.54, 1.807) is 42.7 Å². The number of para-hydroxylation sites is 2. The number of carbonyl (C=O) groups is 4. The number of nitrogens with one attached hydrogen (secondary N) is 2. The summed E-state index contributed by atoms with van der Waals surface area (Å²) in [7, 11) is -1.81. The van der Waals surface area contributed by atoms with E-state index in [2.05, 4.69) is 41.8 Å². The molecule has 8 aromatic rings. The standard InChI is InChI=1S/C32H38N4O5.C23H34BN3O6.C9H6BrNO/c1-31(2,3)40-29(38)35-15-13-34(14-16-35)20-21-11-12-26-23(17-21)19-27(36(26)30(39)41-32(4,5)6)24-18-22-9-7-8-10-25(22)33-28(24)37;1-22(2,3)32-20(28)26-11-9-25(10-12-26)15-16-7-8-18-17(13-16)14-19(24(30)31)27(18)21(29)33-23(4,5)6;10-7-5-6-3-1-2-4-8(6)11-9(7)12/h7-12,17-19H,13-16,20H2,1-6H3,(H,33,37);7-8,13-14,30-31H,9-12,15H2,1-6H3;1-5H,(H,11,12). The van der Waals surface area contributed by atoms with Gasteiger partial charge in [-0.15, -0.1) is 0 Å². The number of fused-ring (bicyclic) bond motifs is 4. The molecule has 0 atom stereocenters.